The van der Waals surface area contributed by atoms with E-state index in [0.717, 1.165) is 53.0 Å². The van der Waals surface area contributed by atoms with Crippen molar-refractivity contribution in [3.05, 3.63) is 146 Å². The predicted octanol–water partition coefficient (Wildman–Crippen LogP) is 11.7. The minimum Gasteiger partial charge on any atom is -0.446 e. The first-order valence-corrected chi connectivity index (χ1v) is 20.0. The number of aromatic nitrogens is 3. The molecule has 0 amide bonds. The molecule has 0 radical (unpaired) electrons. The van der Waals surface area contributed by atoms with Crippen molar-refractivity contribution in [2.45, 2.75) is 81.6 Å². The topological polar surface area (TPSA) is 118 Å². The van der Waals surface area contributed by atoms with Gasteiger partial charge in [-0.3, -0.25) is 14.4 Å². The molecule has 0 saturated heterocycles. The van der Waals surface area contributed by atoms with Crippen LogP contribution < -0.4 is 14.2 Å². The summed E-state index contributed by atoms with van der Waals surface area (Å²) in [7, 11) is 0. The van der Waals surface area contributed by atoms with Gasteiger partial charge in [-0.25, -0.2) is 0 Å². The first kappa shape index (κ1) is 49.5. The number of rotatable bonds is 12. The van der Waals surface area contributed by atoms with E-state index in [9.17, 15) is 14.4 Å². The van der Waals surface area contributed by atoms with Crippen LogP contribution in [0.2, 0.25) is 0 Å². The summed E-state index contributed by atoms with van der Waals surface area (Å²) < 4.78 is 16.3. The molecule has 10 heteroatoms. The van der Waals surface area contributed by atoms with Crippen LogP contribution in [-0.4, -0.2) is 32.9 Å². The Bertz CT molecular complexity index is 2040. The molecule has 9 nitrogen and oxygen atoms in total. The van der Waals surface area contributed by atoms with Gasteiger partial charge in [-0.15, -0.1) is 89.5 Å². The third-order valence-electron chi connectivity index (χ3n) is 10.1. The second-order valence-electron chi connectivity index (χ2n) is 15.8. The molecular formula is C51H54IrN3O6. The van der Waals surface area contributed by atoms with Gasteiger partial charge in [0.15, 0.2) is 0 Å². The number of benzene rings is 3. The van der Waals surface area contributed by atoms with Crippen LogP contribution in [0, 0.1) is 34.4 Å². The fraction of sp³-hybridized carbons (Fsp3) is 0.294. The minimum absolute atomic E-state index is 0. The van der Waals surface area contributed by atoms with E-state index in [4.69, 9.17) is 14.2 Å². The van der Waals surface area contributed by atoms with Crippen LogP contribution in [0.5, 0.6) is 17.2 Å². The molecule has 0 saturated carbocycles. The maximum absolute atomic E-state index is 12.1. The molecule has 0 bridgehead atoms. The maximum Gasteiger partial charge on any atom is 3.00 e. The van der Waals surface area contributed by atoms with Crippen molar-refractivity contribution in [3.8, 4) is 51.0 Å². The fourth-order valence-corrected chi connectivity index (χ4v) is 4.71. The van der Waals surface area contributed by atoms with E-state index in [1.54, 1.807) is 73.2 Å². The molecule has 0 aliphatic carbocycles. The Labute approximate surface area is 374 Å². The van der Waals surface area contributed by atoms with Crippen molar-refractivity contribution in [2.24, 2.45) is 16.2 Å². The molecule has 3 heterocycles. The van der Waals surface area contributed by atoms with Crippen LogP contribution in [0.25, 0.3) is 33.8 Å². The Morgan fingerprint density at radius 1 is 0.459 bits per heavy atom. The SMILES string of the molecule is CCC(C)(C)C(=O)Oc1cc[c-]c(-c2ccccn2)c1.CCC(C)(C)C(=O)Oc1cc[c-]c(-c2ccccn2)c1.CCC(C)(C)C(=O)Oc1cc[c-]c(-c2ccccn2)c1.[Ir+3]. The van der Waals surface area contributed by atoms with Gasteiger partial charge in [0.05, 0.1) is 33.5 Å². The third kappa shape index (κ3) is 15.0. The number of hydrogen-bond donors (Lipinski definition) is 0. The average molecular weight is 997 g/mol. The Kier molecular flexibility index (Phi) is 18.9. The van der Waals surface area contributed by atoms with Gasteiger partial charge in [-0.1, -0.05) is 57.2 Å². The molecule has 0 atom stereocenters. The van der Waals surface area contributed by atoms with E-state index in [-0.39, 0.29) is 38.0 Å². The second-order valence-corrected chi connectivity index (χ2v) is 15.8. The molecule has 0 unspecified atom stereocenters. The maximum atomic E-state index is 12.1. The molecular weight excluding hydrogens is 943 g/mol. The second kappa shape index (κ2) is 23.2. The monoisotopic (exact) mass is 997 g/mol. The van der Waals surface area contributed by atoms with Crippen LogP contribution in [0.3, 0.4) is 0 Å². The summed E-state index contributed by atoms with van der Waals surface area (Å²) >= 11 is 0. The van der Waals surface area contributed by atoms with Crippen molar-refractivity contribution in [3.63, 3.8) is 0 Å². The summed E-state index contributed by atoms with van der Waals surface area (Å²) in [5.74, 6) is 0.900. The summed E-state index contributed by atoms with van der Waals surface area (Å²) in [6.45, 7) is 17.2. The zero-order chi connectivity index (χ0) is 43.8. The van der Waals surface area contributed by atoms with Gasteiger partial charge in [0.1, 0.15) is 0 Å². The smallest absolute Gasteiger partial charge is 0.446 e. The number of carbonyl (C=O) groups is 3. The number of carbonyl (C=O) groups excluding carboxylic acids is 3. The molecule has 0 aliphatic rings. The van der Waals surface area contributed by atoms with Crippen molar-refractivity contribution >= 4 is 17.9 Å². The van der Waals surface area contributed by atoms with Crippen LogP contribution in [0.1, 0.15) is 81.6 Å². The summed E-state index contributed by atoms with van der Waals surface area (Å²) in [5, 5.41) is 0. The minimum atomic E-state index is -0.481. The van der Waals surface area contributed by atoms with E-state index >= 15 is 0 Å². The quantitative estimate of drug-likeness (QED) is 0.0671. The van der Waals surface area contributed by atoms with E-state index in [2.05, 4.69) is 33.2 Å². The molecule has 61 heavy (non-hydrogen) atoms. The molecule has 6 aromatic rings. The summed E-state index contributed by atoms with van der Waals surface area (Å²) in [6, 6.07) is 42.1. The summed E-state index contributed by atoms with van der Waals surface area (Å²) in [5.41, 5.74) is 3.40. The van der Waals surface area contributed by atoms with Gasteiger partial charge >= 0.3 is 38.0 Å². The Morgan fingerprint density at radius 2 is 0.721 bits per heavy atom. The van der Waals surface area contributed by atoms with E-state index in [1.807, 2.05) is 117 Å². The Hall–Kier alpha value is -5.83. The Balaban J connectivity index is 0.000000242. The van der Waals surface area contributed by atoms with Crippen molar-refractivity contribution < 1.29 is 48.7 Å². The number of nitrogens with zero attached hydrogens (tertiary/aromatic N) is 3. The van der Waals surface area contributed by atoms with Crippen LogP contribution >= 0.6 is 0 Å². The van der Waals surface area contributed by atoms with Crippen molar-refractivity contribution in [1.29, 1.82) is 0 Å². The van der Waals surface area contributed by atoms with E-state index in [0.29, 0.717) is 17.2 Å². The molecule has 0 spiro atoms. The molecule has 6 rings (SSSR count). The number of hydrogen-bond acceptors (Lipinski definition) is 9. The van der Waals surface area contributed by atoms with Gasteiger partial charge in [0.25, 0.3) is 0 Å². The van der Waals surface area contributed by atoms with Gasteiger partial charge in [0, 0.05) is 18.6 Å². The number of pyridine rings is 3. The molecule has 3 aromatic carbocycles. The van der Waals surface area contributed by atoms with E-state index < -0.39 is 16.2 Å². The molecule has 318 valence electrons. The first-order valence-electron chi connectivity index (χ1n) is 20.0. The molecule has 0 aliphatic heterocycles. The van der Waals surface area contributed by atoms with Gasteiger partial charge in [-0.05, 0) is 96.1 Å². The molecule has 0 N–H and O–H groups in total. The van der Waals surface area contributed by atoms with Crippen molar-refractivity contribution in [1.82, 2.24) is 15.0 Å². The Morgan fingerprint density at radius 3 is 0.934 bits per heavy atom. The van der Waals surface area contributed by atoms with Crippen LogP contribution in [-0.2, 0) is 34.5 Å². The van der Waals surface area contributed by atoms with E-state index in [1.165, 1.54) is 0 Å². The molecule has 0 fully saturated rings. The standard InChI is InChI=1S/3C17H18NO2.Ir/c3*1-4-17(2,3)16(19)20-14-9-7-8-13(12-14)15-10-5-6-11-18-15;/h3*5-7,9-12H,4H2,1-3H3;/q3*-1;+3. The number of esters is 3. The van der Waals surface area contributed by atoms with Crippen LogP contribution in [0.4, 0.5) is 0 Å². The summed E-state index contributed by atoms with van der Waals surface area (Å²) in [4.78, 5) is 49.0. The van der Waals surface area contributed by atoms with Gasteiger partial charge in [-0.2, -0.15) is 0 Å². The predicted molar refractivity (Wildman–Crippen MR) is 235 cm³/mol. The first-order chi connectivity index (χ1) is 28.6. The normalized spacial score (nSPS) is 11.0. The van der Waals surface area contributed by atoms with Crippen molar-refractivity contribution in [2.75, 3.05) is 0 Å². The van der Waals surface area contributed by atoms with Crippen LogP contribution in [0.15, 0.2) is 128 Å². The average Bonchev–Trinajstić information content (AvgIpc) is 3.28. The van der Waals surface area contributed by atoms with Gasteiger partial charge in [0.2, 0.25) is 0 Å². The summed E-state index contributed by atoms with van der Waals surface area (Å²) in [6.07, 6.45) is 7.37. The third-order valence-corrected chi connectivity index (χ3v) is 10.1. The largest absolute Gasteiger partial charge is 3.00 e. The molecule has 3 aromatic heterocycles. The van der Waals surface area contributed by atoms with Gasteiger partial charge < -0.3 is 29.2 Å². The number of ether oxygens (including phenoxy) is 3. The fourth-order valence-electron chi connectivity index (χ4n) is 4.71. The zero-order valence-electron chi connectivity index (χ0n) is 36.4. The zero-order valence-corrected chi connectivity index (χ0v) is 38.8.